The maximum Gasteiger partial charge on any atom is 0.0698 e. The summed E-state index contributed by atoms with van der Waals surface area (Å²) in [5.74, 6) is 2.53. The highest BCUT2D eigenvalue weighted by Gasteiger charge is 2.32. The van der Waals surface area contributed by atoms with Crippen LogP contribution in [0.3, 0.4) is 0 Å². The highest BCUT2D eigenvalue weighted by molar-refractivity contribution is 4.87. The van der Waals surface area contributed by atoms with E-state index in [0.717, 1.165) is 24.3 Å². The van der Waals surface area contributed by atoms with Gasteiger partial charge in [-0.25, -0.2) is 0 Å². The molecule has 0 aliphatic heterocycles. The molecule has 4 unspecified atom stereocenters. The Morgan fingerprint density at radius 3 is 2.19 bits per heavy atom. The minimum absolute atomic E-state index is 0.322. The Labute approximate surface area is 101 Å². The third-order valence-electron chi connectivity index (χ3n) is 4.04. The molecule has 0 aromatic heterocycles. The lowest BCUT2D eigenvalue weighted by Gasteiger charge is -2.39. The van der Waals surface area contributed by atoms with Crippen molar-refractivity contribution in [3.8, 4) is 0 Å². The Morgan fingerprint density at radius 1 is 1.19 bits per heavy atom. The fourth-order valence-electron chi connectivity index (χ4n) is 3.40. The average molecular weight is 227 g/mol. The van der Waals surface area contributed by atoms with E-state index in [4.69, 9.17) is 4.74 Å². The summed E-state index contributed by atoms with van der Waals surface area (Å²) in [7, 11) is 1.82. The zero-order chi connectivity index (χ0) is 12.1. The molecule has 0 aromatic carbocycles. The minimum Gasteiger partial charge on any atom is -0.380 e. The lowest BCUT2D eigenvalue weighted by atomic mass is 9.73. The summed E-state index contributed by atoms with van der Waals surface area (Å²) in [5, 5.41) is 3.62. The molecule has 4 atom stereocenters. The van der Waals surface area contributed by atoms with Gasteiger partial charge in [0.05, 0.1) is 6.10 Å². The largest absolute Gasteiger partial charge is 0.380 e. The van der Waals surface area contributed by atoms with Crippen molar-refractivity contribution < 1.29 is 4.74 Å². The van der Waals surface area contributed by atoms with E-state index < -0.39 is 0 Å². The summed E-state index contributed by atoms with van der Waals surface area (Å²) in [6, 6.07) is 0.528. The second-order valence-corrected chi connectivity index (χ2v) is 5.70. The van der Waals surface area contributed by atoms with Crippen LogP contribution in [-0.2, 0) is 4.74 Å². The highest BCUT2D eigenvalue weighted by Crippen LogP contribution is 2.35. The molecule has 2 heteroatoms. The van der Waals surface area contributed by atoms with Crippen LogP contribution >= 0.6 is 0 Å². The van der Waals surface area contributed by atoms with Crippen LogP contribution in [0.4, 0.5) is 0 Å². The van der Waals surface area contributed by atoms with Crippen molar-refractivity contribution in [2.75, 3.05) is 13.7 Å². The van der Waals surface area contributed by atoms with Crippen molar-refractivity contribution in [1.82, 2.24) is 5.32 Å². The van der Waals surface area contributed by atoms with E-state index in [1.807, 2.05) is 7.11 Å². The SMILES string of the molecule is CCNC(C1CC(C)CC(C)C1)C(C)OC. The molecule has 0 amide bonds. The van der Waals surface area contributed by atoms with Gasteiger partial charge in [0, 0.05) is 13.2 Å². The van der Waals surface area contributed by atoms with Crippen molar-refractivity contribution in [2.45, 2.75) is 59.1 Å². The first-order chi connectivity index (χ1) is 7.58. The van der Waals surface area contributed by atoms with Gasteiger partial charge in [-0.3, -0.25) is 0 Å². The van der Waals surface area contributed by atoms with Gasteiger partial charge < -0.3 is 10.1 Å². The molecule has 0 aromatic rings. The summed E-state index contributed by atoms with van der Waals surface area (Å²) in [6.07, 6.45) is 4.43. The third-order valence-corrected chi connectivity index (χ3v) is 4.04. The van der Waals surface area contributed by atoms with Gasteiger partial charge >= 0.3 is 0 Å². The zero-order valence-electron chi connectivity index (χ0n) is 11.6. The van der Waals surface area contributed by atoms with E-state index in [9.17, 15) is 0 Å². The normalized spacial score (nSPS) is 34.7. The van der Waals surface area contributed by atoms with Crippen molar-refractivity contribution >= 4 is 0 Å². The Balaban J connectivity index is 2.61. The molecule has 1 saturated carbocycles. The van der Waals surface area contributed by atoms with Crippen LogP contribution in [0, 0.1) is 17.8 Å². The zero-order valence-corrected chi connectivity index (χ0v) is 11.6. The summed E-state index contributed by atoms with van der Waals surface area (Å²) >= 11 is 0. The quantitative estimate of drug-likeness (QED) is 0.779. The van der Waals surface area contributed by atoms with Gasteiger partial charge in [-0.2, -0.15) is 0 Å². The van der Waals surface area contributed by atoms with Gasteiger partial charge in [-0.15, -0.1) is 0 Å². The summed E-state index contributed by atoms with van der Waals surface area (Å²) in [5.41, 5.74) is 0. The summed E-state index contributed by atoms with van der Waals surface area (Å²) in [6.45, 7) is 10.2. The van der Waals surface area contributed by atoms with E-state index >= 15 is 0 Å². The number of rotatable bonds is 5. The summed E-state index contributed by atoms with van der Waals surface area (Å²) in [4.78, 5) is 0. The van der Waals surface area contributed by atoms with Crippen LogP contribution in [0.5, 0.6) is 0 Å². The molecule has 0 radical (unpaired) electrons. The van der Waals surface area contributed by atoms with Gasteiger partial charge in [0.2, 0.25) is 0 Å². The average Bonchev–Trinajstić information content (AvgIpc) is 2.23. The molecule has 0 heterocycles. The summed E-state index contributed by atoms with van der Waals surface area (Å²) < 4.78 is 5.53. The molecule has 0 saturated heterocycles. The molecule has 1 rings (SSSR count). The number of nitrogens with one attached hydrogen (secondary N) is 1. The molecular formula is C14H29NO. The maximum absolute atomic E-state index is 5.53. The molecule has 1 aliphatic rings. The van der Waals surface area contributed by atoms with Crippen LogP contribution in [0.1, 0.15) is 47.0 Å². The predicted octanol–water partition coefficient (Wildman–Crippen LogP) is 3.07. The maximum atomic E-state index is 5.53. The lowest BCUT2D eigenvalue weighted by molar-refractivity contribution is 0.0405. The van der Waals surface area contributed by atoms with Crippen molar-refractivity contribution in [3.05, 3.63) is 0 Å². The first-order valence-corrected chi connectivity index (χ1v) is 6.84. The molecular weight excluding hydrogens is 198 g/mol. The van der Waals surface area contributed by atoms with Crippen molar-refractivity contribution in [2.24, 2.45) is 17.8 Å². The van der Waals surface area contributed by atoms with E-state index in [-0.39, 0.29) is 0 Å². The molecule has 0 bridgehead atoms. The van der Waals surface area contributed by atoms with Gasteiger partial charge in [0.1, 0.15) is 0 Å². The number of likely N-dealkylation sites (N-methyl/N-ethyl adjacent to an activating group) is 1. The van der Waals surface area contributed by atoms with E-state index in [0.29, 0.717) is 12.1 Å². The highest BCUT2D eigenvalue weighted by atomic mass is 16.5. The topological polar surface area (TPSA) is 21.3 Å². The lowest BCUT2D eigenvalue weighted by Crippen LogP contribution is -2.47. The van der Waals surface area contributed by atoms with Gasteiger partial charge in [0.15, 0.2) is 0 Å². The molecule has 1 N–H and O–H groups in total. The minimum atomic E-state index is 0.322. The fourth-order valence-corrected chi connectivity index (χ4v) is 3.40. The van der Waals surface area contributed by atoms with Crippen LogP contribution in [0.25, 0.3) is 0 Å². The van der Waals surface area contributed by atoms with Gasteiger partial charge in [-0.05, 0) is 50.5 Å². The van der Waals surface area contributed by atoms with Crippen LogP contribution < -0.4 is 5.32 Å². The smallest absolute Gasteiger partial charge is 0.0698 e. The Bertz CT molecular complexity index is 185. The first kappa shape index (κ1) is 14.0. The van der Waals surface area contributed by atoms with Crippen molar-refractivity contribution in [3.63, 3.8) is 0 Å². The standard InChI is InChI=1S/C14H29NO/c1-6-15-14(12(4)16-5)13-8-10(2)7-11(3)9-13/h10-15H,6-9H2,1-5H3. The number of hydrogen-bond acceptors (Lipinski definition) is 2. The van der Waals surface area contributed by atoms with Gasteiger partial charge in [0.25, 0.3) is 0 Å². The molecule has 1 fully saturated rings. The molecule has 2 nitrogen and oxygen atoms in total. The van der Waals surface area contributed by atoms with E-state index in [1.165, 1.54) is 19.3 Å². The van der Waals surface area contributed by atoms with Crippen LogP contribution in [0.15, 0.2) is 0 Å². The molecule has 96 valence electrons. The molecule has 1 aliphatic carbocycles. The van der Waals surface area contributed by atoms with E-state index in [2.05, 4.69) is 33.0 Å². The molecule has 16 heavy (non-hydrogen) atoms. The second kappa shape index (κ2) is 6.61. The monoisotopic (exact) mass is 227 g/mol. The number of hydrogen-bond donors (Lipinski definition) is 1. The van der Waals surface area contributed by atoms with E-state index in [1.54, 1.807) is 0 Å². The first-order valence-electron chi connectivity index (χ1n) is 6.84. The van der Waals surface area contributed by atoms with Crippen LogP contribution in [-0.4, -0.2) is 25.8 Å². The number of methoxy groups -OCH3 is 1. The Kier molecular flexibility index (Phi) is 5.77. The second-order valence-electron chi connectivity index (χ2n) is 5.70. The van der Waals surface area contributed by atoms with Crippen LogP contribution in [0.2, 0.25) is 0 Å². The molecule has 0 spiro atoms. The van der Waals surface area contributed by atoms with Gasteiger partial charge in [-0.1, -0.05) is 20.8 Å². The Hall–Kier alpha value is -0.0800. The Morgan fingerprint density at radius 2 is 1.75 bits per heavy atom. The van der Waals surface area contributed by atoms with Crippen molar-refractivity contribution in [1.29, 1.82) is 0 Å². The third kappa shape index (κ3) is 3.74. The number of ether oxygens (including phenoxy) is 1. The predicted molar refractivity (Wildman–Crippen MR) is 69.6 cm³/mol. The fraction of sp³-hybridized carbons (Fsp3) is 1.00.